The van der Waals surface area contributed by atoms with Gasteiger partial charge in [-0.2, -0.15) is 0 Å². The Kier molecular flexibility index (Phi) is 3.04. The molecule has 0 radical (unpaired) electrons. The molecule has 1 aromatic heterocycles. The SMILES string of the molecule is Cc1ccc(C(=O)C(C)C)nc1Cl. The van der Waals surface area contributed by atoms with Gasteiger partial charge in [-0.05, 0) is 18.6 Å². The fraction of sp³-hybridized carbons (Fsp3) is 0.400. The van der Waals surface area contributed by atoms with Crippen molar-refractivity contribution in [1.29, 1.82) is 0 Å². The van der Waals surface area contributed by atoms with Crippen LogP contribution in [0.5, 0.6) is 0 Å². The van der Waals surface area contributed by atoms with Gasteiger partial charge in [-0.25, -0.2) is 4.98 Å². The van der Waals surface area contributed by atoms with Crippen LogP contribution < -0.4 is 0 Å². The molecule has 0 aliphatic carbocycles. The smallest absolute Gasteiger partial charge is 0.183 e. The van der Waals surface area contributed by atoms with E-state index in [1.54, 1.807) is 6.07 Å². The molecule has 1 rings (SSSR count). The van der Waals surface area contributed by atoms with E-state index in [1.807, 2.05) is 26.8 Å². The van der Waals surface area contributed by atoms with Crippen molar-refractivity contribution in [3.8, 4) is 0 Å². The predicted molar refractivity (Wildman–Crippen MR) is 53.2 cm³/mol. The zero-order chi connectivity index (χ0) is 10.0. The van der Waals surface area contributed by atoms with Crippen molar-refractivity contribution in [3.05, 3.63) is 28.5 Å². The summed E-state index contributed by atoms with van der Waals surface area (Å²) in [6.45, 7) is 5.55. The van der Waals surface area contributed by atoms with Gasteiger partial charge in [0, 0.05) is 5.92 Å². The topological polar surface area (TPSA) is 30.0 Å². The Labute approximate surface area is 82.9 Å². The van der Waals surface area contributed by atoms with Crippen molar-refractivity contribution >= 4 is 17.4 Å². The Bertz CT molecular complexity index is 334. The maximum absolute atomic E-state index is 11.5. The van der Waals surface area contributed by atoms with Crippen LogP contribution in [0.3, 0.4) is 0 Å². The summed E-state index contributed by atoms with van der Waals surface area (Å²) in [5.41, 5.74) is 1.34. The molecule has 0 saturated carbocycles. The Hall–Kier alpha value is -0.890. The average Bonchev–Trinajstić information content (AvgIpc) is 2.08. The lowest BCUT2D eigenvalue weighted by Crippen LogP contribution is -2.09. The molecule has 0 amide bonds. The van der Waals surface area contributed by atoms with Crippen molar-refractivity contribution in [3.63, 3.8) is 0 Å². The van der Waals surface area contributed by atoms with Crippen LogP contribution in [-0.4, -0.2) is 10.8 Å². The lowest BCUT2D eigenvalue weighted by molar-refractivity contribution is 0.0934. The minimum atomic E-state index is -0.0359. The predicted octanol–water partition coefficient (Wildman–Crippen LogP) is 2.88. The minimum absolute atomic E-state index is 0.0295. The molecule has 1 aromatic rings. The first kappa shape index (κ1) is 10.2. The number of nitrogens with zero attached hydrogens (tertiary/aromatic N) is 1. The highest BCUT2D eigenvalue weighted by molar-refractivity contribution is 6.30. The summed E-state index contributed by atoms with van der Waals surface area (Å²) in [4.78, 5) is 15.5. The molecule has 0 N–H and O–H groups in total. The molecule has 0 spiro atoms. The zero-order valence-corrected chi connectivity index (χ0v) is 8.72. The van der Waals surface area contributed by atoms with Gasteiger partial charge in [0.05, 0.1) is 0 Å². The fourth-order valence-electron chi connectivity index (χ4n) is 0.937. The molecular formula is C10H12ClNO. The summed E-state index contributed by atoms with van der Waals surface area (Å²) in [6, 6.07) is 3.52. The Morgan fingerprint density at radius 1 is 1.46 bits per heavy atom. The molecule has 0 unspecified atom stereocenters. The van der Waals surface area contributed by atoms with Crippen molar-refractivity contribution in [1.82, 2.24) is 4.98 Å². The van der Waals surface area contributed by atoms with Crippen LogP contribution in [0.4, 0.5) is 0 Å². The van der Waals surface area contributed by atoms with Crippen LogP contribution >= 0.6 is 11.6 Å². The van der Waals surface area contributed by atoms with E-state index in [2.05, 4.69) is 4.98 Å². The monoisotopic (exact) mass is 197 g/mol. The molecule has 1 heterocycles. The molecular weight excluding hydrogens is 186 g/mol. The molecule has 0 aliphatic rings. The number of Topliss-reactive ketones (excluding diaryl/α,β-unsaturated/α-hetero) is 1. The van der Waals surface area contributed by atoms with Gasteiger partial charge >= 0.3 is 0 Å². The van der Waals surface area contributed by atoms with E-state index in [0.29, 0.717) is 10.8 Å². The summed E-state index contributed by atoms with van der Waals surface area (Å²) in [5.74, 6) is -0.00632. The average molecular weight is 198 g/mol. The Balaban J connectivity index is 3.04. The lowest BCUT2D eigenvalue weighted by atomic mass is 10.1. The second kappa shape index (κ2) is 3.88. The van der Waals surface area contributed by atoms with Gasteiger partial charge in [0.1, 0.15) is 10.8 Å². The second-order valence-corrected chi connectivity index (χ2v) is 3.68. The van der Waals surface area contributed by atoms with Crippen LogP contribution in [0.1, 0.15) is 29.9 Å². The molecule has 0 aromatic carbocycles. The van der Waals surface area contributed by atoms with E-state index in [1.165, 1.54) is 0 Å². The van der Waals surface area contributed by atoms with E-state index in [-0.39, 0.29) is 11.7 Å². The maximum Gasteiger partial charge on any atom is 0.183 e. The Morgan fingerprint density at radius 3 is 2.54 bits per heavy atom. The van der Waals surface area contributed by atoms with Crippen molar-refractivity contribution < 1.29 is 4.79 Å². The third kappa shape index (κ3) is 2.28. The van der Waals surface area contributed by atoms with E-state index >= 15 is 0 Å². The van der Waals surface area contributed by atoms with Gasteiger partial charge in [0.25, 0.3) is 0 Å². The van der Waals surface area contributed by atoms with Gasteiger partial charge in [0.2, 0.25) is 0 Å². The van der Waals surface area contributed by atoms with Gasteiger partial charge in [-0.1, -0.05) is 31.5 Å². The fourth-order valence-corrected chi connectivity index (χ4v) is 1.09. The van der Waals surface area contributed by atoms with Gasteiger partial charge in [-0.3, -0.25) is 4.79 Å². The van der Waals surface area contributed by atoms with Crippen LogP contribution in [0, 0.1) is 12.8 Å². The van der Waals surface area contributed by atoms with Crippen LogP contribution in [0.25, 0.3) is 0 Å². The highest BCUT2D eigenvalue weighted by Crippen LogP contribution is 2.14. The quantitative estimate of drug-likeness (QED) is 0.539. The van der Waals surface area contributed by atoms with Gasteiger partial charge in [0.15, 0.2) is 5.78 Å². The summed E-state index contributed by atoms with van der Waals surface area (Å²) < 4.78 is 0. The standard InChI is InChI=1S/C10H12ClNO/c1-6(2)9(13)8-5-4-7(3)10(11)12-8/h4-6H,1-3H3. The maximum atomic E-state index is 11.5. The summed E-state index contributed by atoms with van der Waals surface area (Å²) in [7, 11) is 0. The number of rotatable bonds is 2. The van der Waals surface area contributed by atoms with Crippen LogP contribution in [-0.2, 0) is 0 Å². The largest absolute Gasteiger partial charge is 0.292 e. The number of halogens is 1. The molecule has 2 nitrogen and oxygen atoms in total. The summed E-state index contributed by atoms with van der Waals surface area (Å²) in [5, 5.41) is 0.409. The summed E-state index contributed by atoms with van der Waals surface area (Å²) >= 11 is 5.80. The van der Waals surface area contributed by atoms with E-state index in [0.717, 1.165) is 5.56 Å². The van der Waals surface area contributed by atoms with Crippen molar-refractivity contribution in [2.75, 3.05) is 0 Å². The van der Waals surface area contributed by atoms with Gasteiger partial charge in [-0.15, -0.1) is 0 Å². The molecule has 70 valence electrons. The van der Waals surface area contributed by atoms with Crippen LogP contribution in [0.15, 0.2) is 12.1 Å². The molecule has 0 atom stereocenters. The molecule has 3 heteroatoms. The number of aryl methyl sites for hydroxylation is 1. The van der Waals surface area contributed by atoms with Gasteiger partial charge < -0.3 is 0 Å². The Morgan fingerprint density at radius 2 is 2.08 bits per heavy atom. The molecule has 0 fully saturated rings. The second-order valence-electron chi connectivity index (χ2n) is 3.32. The number of hydrogen-bond donors (Lipinski definition) is 0. The normalized spacial score (nSPS) is 10.5. The first-order valence-corrected chi connectivity index (χ1v) is 4.57. The molecule has 0 aliphatic heterocycles. The zero-order valence-electron chi connectivity index (χ0n) is 7.97. The first-order valence-electron chi connectivity index (χ1n) is 4.19. The number of ketones is 1. The third-order valence-corrected chi connectivity index (χ3v) is 2.19. The summed E-state index contributed by atoms with van der Waals surface area (Å²) in [6.07, 6.45) is 0. The van der Waals surface area contributed by atoms with Crippen LogP contribution in [0.2, 0.25) is 5.15 Å². The molecule has 0 bridgehead atoms. The minimum Gasteiger partial charge on any atom is -0.292 e. The molecule has 0 saturated heterocycles. The number of carbonyl (C=O) groups excluding carboxylic acids is 1. The number of carbonyl (C=O) groups is 1. The number of pyridine rings is 1. The first-order chi connectivity index (χ1) is 6.02. The van der Waals surface area contributed by atoms with E-state index < -0.39 is 0 Å². The van der Waals surface area contributed by atoms with E-state index in [4.69, 9.17) is 11.6 Å². The highest BCUT2D eigenvalue weighted by atomic mass is 35.5. The van der Waals surface area contributed by atoms with Crippen molar-refractivity contribution in [2.24, 2.45) is 5.92 Å². The van der Waals surface area contributed by atoms with Crippen molar-refractivity contribution in [2.45, 2.75) is 20.8 Å². The third-order valence-electron chi connectivity index (χ3n) is 1.81. The lowest BCUT2D eigenvalue weighted by Gasteiger charge is -2.04. The number of aromatic nitrogens is 1. The highest BCUT2D eigenvalue weighted by Gasteiger charge is 2.12. The van der Waals surface area contributed by atoms with E-state index in [9.17, 15) is 4.79 Å². The number of hydrogen-bond acceptors (Lipinski definition) is 2. The molecule has 13 heavy (non-hydrogen) atoms.